The Labute approximate surface area is 163 Å². The van der Waals surface area contributed by atoms with Gasteiger partial charge in [0.1, 0.15) is 17.1 Å². The fourth-order valence-electron chi connectivity index (χ4n) is 2.45. The van der Waals surface area contributed by atoms with E-state index in [4.69, 9.17) is 23.7 Å². The summed E-state index contributed by atoms with van der Waals surface area (Å²) in [5.74, 6) is 0.230. The number of carbonyl (C=O) groups excluding carboxylic acids is 2. The molecule has 0 saturated heterocycles. The minimum atomic E-state index is -1.06. The van der Waals surface area contributed by atoms with E-state index in [1.54, 1.807) is 24.3 Å². The van der Waals surface area contributed by atoms with E-state index in [9.17, 15) is 9.59 Å². The van der Waals surface area contributed by atoms with Crippen molar-refractivity contribution in [1.29, 1.82) is 0 Å². The van der Waals surface area contributed by atoms with Crippen LogP contribution < -0.4 is 24.3 Å². The number of anilines is 1. The van der Waals surface area contributed by atoms with Gasteiger partial charge in [-0.3, -0.25) is 4.79 Å². The summed E-state index contributed by atoms with van der Waals surface area (Å²) in [7, 11) is 5.83. The molecular formula is C20H23NO7. The zero-order valence-electron chi connectivity index (χ0n) is 16.4. The summed E-state index contributed by atoms with van der Waals surface area (Å²) in [5.41, 5.74) is 0.582. The van der Waals surface area contributed by atoms with Gasteiger partial charge in [0, 0.05) is 12.1 Å². The molecular weight excluding hydrogens is 366 g/mol. The molecule has 0 bridgehead atoms. The molecule has 0 aliphatic rings. The van der Waals surface area contributed by atoms with Gasteiger partial charge >= 0.3 is 5.97 Å². The molecule has 2 aromatic rings. The molecule has 0 radical (unpaired) electrons. The Morgan fingerprint density at radius 3 is 2.00 bits per heavy atom. The van der Waals surface area contributed by atoms with Crippen LogP contribution in [-0.4, -0.2) is 46.4 Å². The number of nitrogens with one attached hydrogen (secondary N) is 1. The molecule has 1 N–H and O–H groups in total. The highest BCUT2D eigenvalue weighted by molar-refractivity contribution is 5.99. The molecule has 28 heavy (non-hydrogen) atoms. The first-order chi connectivity index (χ1) is 13.4. The second-order valence-corrected chi connectivity index (χ2v) is 5.64. The van der Waals surface area contributed by atoms with Crippen molar-refractivity contribution in [2.24, 2.45) is 0 Å². The van der Waals surface area contributed by atoms with Gasteiger partial charge in [0.25, 0.3) is 5.91 Å². The standard InChI is InChI=1S/C20H23NO7/c1-12(19(22)21-14-8-6-7-9-15(14)24-2)28-20(23)13-10-17(26-4)18(27-5)11-16(13)25-3/h6-12H,1-5H3,(H,21,22). The summed E-state index contributed by atoms with van der Waals surface area (Å²) in [6.07, 6.45) is -1.06. The highest BCUT2D eigenvalue weighted by atomic mass is 16.6. The summed E-state index contributed by atoms with van der Waals surface area (Å²) in [5, 5.41) is 2.67. The number of hydrogen-bond donors (Lipinski definition) is 1. The van der Waals surface area contributed by atoms with Crippen molar-refractivity contribution < 1.29 is 33.3 Å². The predicted molar refractivity (Wildman–Crippen MR) is 103 cm³/mol. The molecule has 1 atom stereocenters. The van der Waals surface area contributed by atoms with Crippen molar-refractivity contribution in [1.82, 2.24) is 0 Å². The van der Waals surface area contributed by atoms with Crippen LogP contribution in [0.4, 0.5) is 5.69 Å². The molecule has 0 aliphatic heterocycles. The van der Waals surface area contributed by atoms with Gasteiger partial charge in [-0.25, -0.2) is 4.79 Å². The number of para-hydroxylation sites is 2. The summed E-state index contributed by atoms with van der Waals surface area (Å²) in [6, 6.07) is 9.87. The van der Waals surface area contributed by atoms with E-state index >= 15 is 0 Å². The number of amides is 1. The minimum Gasteiger partial charge on any atom is -0.496 e. The monoisotopic (exact) mass is 389 g/mol. The Morgan fingerprint density at radius 1 is 0.821 bits per heavy atom. The van der Waals surface area contributed by atoms with E-state index in [1.807, 2.05) is 0 Å². The number of rotatable bonds is 8. The summed E-state index contributed by atoms with van der Waals surface area (Å²) < 4.78 is 26.1. The molecule has 0 saturated carbocycles. The molecule has 0 heterocycles. The summed E-state index contributed by atoms with van der Waals surface area (Å²) in [6.45, 7) is 1.47. The van der Waals surface area contributed by atoms with Crippen molar-refractivity contribution >= 4 is 17.6 Å². The highest BCUT2D eigenvalue weighted by Gasteiger charge is 2.24. The predicted octanol–water partition coefficient (Wildman–Crippen LogP) is 2.91. The van der Waals surface area contributed by atoms with E-state index in [0.29, 0.717) is 22.9 Å². The lowest BCUT2D eigenvalue weighted by Crippen LogP contribution is -2.30. The first kappa shape index (κ1) is 20.9. The lowest BCUT2D eigenvalue weighted by atomic mass is 10.1. The largest absolute Gasteiger partial charge is 0.496 e. The zero-order chi connectivity index (χ0) is 20.7. The van der Waals surface area contributed by atoms with E-state index in [2.05, 4.69) is 5.32 Å². The topological polar surface area (TPSA) is 92.3 Å². The Balaban J connectivity index is 2.16. The number of hydrogen-bond acceptors (Lipinski definition) is 7. The third-order valence-corrected chi connectivity index (χ3v) is 3.94. The molecule has 0 fully saturated rings. The van der Waals surface area contributed by atoms with Crippen LogP contribution in [0.15, 0.2) is 36.4 Å². The van der Waals surface area contributed by atoms with Gasteiger partial charge in [0.15, 0.2) is 17.6 Å². The lowest BCUT2D eigenvalue weighted by Gasteiger charge is -2.17. The van der Waals surface area contributed by atoms with Crippen LogP contribution in [-0.2, 0) is 9.53 Å². The van der Waals surface area contributed by atoms with Crippen LogP contribution in [0.3, 0.4) is 0 Å². The third kappa shape index (κ3) is 4.64. The first-order valence-corrected chi connectivity index (χ1v) is 8.40. The van der Waals surface area contributed by atoms with Gasteiger partial charge in [-0.05, 0) is 19.1 Å². The average Bonchev–Trinajstić information content (AvgIpc) is 2.72. The Kier molecular flexibility index (Phi) is 7.08. The van der Waals surface area contributed by atoms with Crippen LogP contribution in [0.2, 0.25) is 0 Å². The number of carbonyl (C=O) groups is 2. The van der Waals surface area contributed by atoms with Crippen molar-refractivity contribution in [3.8, 4) is 23.0 Å². The normalized spacial score (nSPS) is 11.2. The Hall–Kier alpha value is -3.42. The molecule has 1 unspecified atom stereocenters. The lowest BCUT2D eigenvalue weighted by molar-refractivity contribution is -0.123. The van der Waals surface area contributed by atoms with E-state index in [1.165, 1.54) is 47.5 Å². The quantitative estimate of drug-likeness (QED) is 0.694. The number of methoxy groups -OCH3 is 4. The van der Waals surface area contributed by atoms with Gasteiger partial charge < -0.3 is 29.0 Å². The van der Waals surface area contributed by atoms with Crippen LogP contribution in [0, 0.1) is 0 Å². The number of esters is 1. The maximum atomic E-state index is 12.6. The van der Waals surface area contributed by atoms with E-state index in [-0.39, 0.29) is 11.3 Å². The molecule has 2 aromatic carbocycles. The maximum Gasteiger partial charge on any atom is 0.342 e. The smallest absolute Gasteiger partial charge is 0.342 e. The van der Waals surface area contributed by atoms with E-state index < -0.39 is 18.0 Å². The van der Waals surface area contributed by atoms with Crippen LogP contribution in [0.5, 0.6) is 23.0 Å². The number of benzene rings is 2. The van der Waals surface area contributed by atoms with Gasteiger partial charge in [-0.2, -0.15) is 0 Å². The van der Waals surface area contributed by atoms with Crippen LogP contribution in [0.25, 0.3) is 0 Å². The molecule has 0 spiro atoms. The summed E-state index contributed by atoms with van der Waals surface area (Å²) >= 11 is 0. The van der Waals surface area contributed by atoms with Gasteiger partial charge in [0.2, 0.25) is 0 Å². The molecule has 0 aromatic heterocycles. The van der Waals surface area contributed by atoms with Crippen molar-refractivity contribution in [3.05, 3.63) is 42.0 Å². The Morgan fingerprint density at radius 2 is 1.39 bits per heavy atom. The van der Waals surface area contributed by atoms with Gasteiger partial charge in [-0.15, -0.1) is 0 Å². The zero-order valence-corrected chi connectivity index (χ0v) is 16.4. The fraction of sp³-hybridized carbons (Fsp3) is 0.300. The minimum absolute atomic E-state index is 0.108. The molecule has 150 valence electrons. The van der Waals surface area contributed by atoms with E-state index in [0.717, 1.165) is 0 Å². The first-order valence-electron chi connectivity index (χ1n) is 8.40. The fourth-order valence-corrected chi connectivity index (χ4v) is 2.45. The van der Waals surface area contributed by atoms with Crippen molar-refractivity contribution in [3.63, 3.8) is 0 Å². The third-order valence-electron chi connectivity index (χ3n) is 3.94. The Bertz CT molecular complexity index is 850. The van der Waals surface area contributed by atoms with Crippen LogP contribution >= 0.6 is 0 Å². The molecule has 2 rings (SSSR count). The van der Waals surface area contributed by atoms with Gasteiger partial charge in [0.05, 0.1) is 34.1 Å². The highest BCUT2D eigenvalue weighted by Crippen LogP contribution is 2.35. The number of ether oxygens (including phenoxy) is 5. The SMILES string of the molecule is COc1ccccc1NC(=O)C(C)OC(=O)c1cc(OC)c(OC)cc1OC. The second kappa shape index (κ2) is 9.50. The van der Waals surface area contributed by atoms with Crippen molar-refractivity contribution in [2.45, 2.75) is 13.0 Å². The molecule has 8 nitrogen and oxygen atoms in total. The maximum absolute atomic E-state index is 12.6. The molecule has 0 aliphatic carbocycles. The second-order valence-electron chi connectivity index (χ2n) is 5.64. The van der Waals surface area contributed by atoms with Crippen molar-refractivity contribution in [2.75, 3.05) is 33.8 Å². The average molecular weight is 389 g/mol. The molecule has 8 heteroatoms. The molecule has 1 amide bonds. The van der Waals surface area contributed by atoms with Crippen LogP contribution in [0.1, 0.15) is 17.3 Å². The van der Waals surface area contributed by atoms with Gasteiger partial charge in [-0.1, -0.05) is 12.1 Å². The summed E-state index contributed by atoms with van der Waals surface area (Å²) in [4.78, 5) is 25.0.